The molecule has 0 amide bonds. The number of nitrogens with zero attached hydrogens (tertiary/aromatic N) is 3. The van der Waals surface area contributed by atoms with E-state index in [0.717, 1.165) is 31.9 Å². The van der Waals surface area contributed by atoms with Gasteiger partial charge in [0.1, 0.15) is 11.4 Å². The molecule has 2 N–H and O–H groups in total. The number of carbonyl (C=O) groups is 1. The fraction of sp³-hybridized carbons (Fsp3) is 0.556. The number of rotatable bonds is 4. The summed E-state index contributed by atoms with van der Waals surface area (Å²) in [5.41, 5.74) is 7.11. The average molecular weight is 367 g/mol. The number of ether oxygens (including phenoxy) is 1. The van der Waals surface area contributed by atoms with Crippen LogP contribution in [0.1, 0.15) is 31.1 Å². The second-order valence-electron chi connectivity index (χ2n) is 7.23. The SMILES string of the molecule is CN1CCN(c2ccc(C(=O)OC(C)(C)C)c(N=C(N)CCl)c2)CC1. The van der Waals surface area contributed by atoms with Gasteiger partial charge in [-0.1, -0.05) is 0 Å². The van der Waals surface area contributed by atoms with E-state index in [9.17, 15) is 4.79 Å². The van der Waals surface area contributed by atoms with Crippen LogP contribution < -0.4 is 10.6 Å². The minimum atomic E-state index is -0.577. The smallest absolute Gasteiger partial charge is 0.340 e. The number of hydrogen-bond acceptors (Lipinski definition) is 5. The highest BCUT2D eigenvalue weighted by molar-refractivity contribution is 6.28. The van der Waals surface area contributed by atoms with Crippen molar-refractivity contribution in [2.45, 2.75) is 26.4 Å². The number of carbonyl (C=O) groups excluding carboxylic acids is 1. The summed E-state index contributed by atoms with van der Waals surface area (Å²) in [6.45, 7) is 9.35. The molecule has 7 heteroatoms. The van der Waals surface area contributed by atoms with Gasteiger partial charge in [0, 0.05) is 31.9 Å². The van der Waals surface area contributed by atoms with Crippen molar-refractivity contribution in [3.05, 3.63) is 23.8 Å². The lowest BCUT2D eigenvalue weighted by atomic mass is 10.1. The molecule has 0 atom stereocenters. The van der Waals surface area contributed by atoms with Gasteiger partial charge in [-0.25, -0.2) is 9.79 Å². The molecule has 2 rings (SSSR count). The van der Waals surface area contributed by atoms with Crippen LogP contribution in [0.15, 0.2) is 23.2 Å². The lowest BCUT2D eigenvalue weighted by molar-refractivity contribution is 0.00706. The van der Waals surface area contributed by atoms with Gasteiger partial charge in [-0.3, -0.25) is 0 Å². The fourth-order valence-corrected chi connectivity index (χ4v) is 2.62. The first kappa shape index (κ1) is 19.5. The number of hydrogen-bond donors (Lipinski definition) is 1. The van der Waals surface area contributed by atoms with Crippen molar-refractivity contribution in [3.63, 3.8) is 0 Å². The molecule has 1 aliphatic heterocycles. The monoisotopic (exact) mass is 366 g/mol. The molecular formula is C18H27ClN4O2. The van der Waals surface area contributed by atoms with Crippen LogP contribution >= 0.6 is 11.6 Å². The van der Waals surface area contributed by atoms with E-state index in [1.165, 1.54) is 0 Å². The molecule has 1 aliphatic rings. The minimum absolute atomic E-state index is 0.104. The predicted octanol–water partition coefficient (Wildman–Crippen LogP) is 2.62. The number of halogens is 1. The Morgan fingerprint density at radius 3 is 2.48 bits per heavy atom. The van der Waals surface area contributed by atoms with Crippen LogP contribution in [0.4, 0.5) is 11.4 Å². The average Bonchev–Trinajstić information content (AvgIpc) is 2.53. The van der Waals surface area contributed by atoms with E-state index >= 15 is 0 Å². The molecule has 138 valence electrons. The Hall–Kier alpha value is -1.79. The van der Waals surface area contributed by atoms with Gasteiger partial charge in [0.15, 0.2) is 0 Å². The molecule has 0 bridgehead atoms. The van der Waals surface area contributed by atoms with Crippen molar-refractivity contribution in [1.29, 1.82) is 0 Å². The van der Waals surface area contributed by atoms with Gasteiger partial charge in [-0.2, -0.15) is 0 Å². The number of aliphatic imine (C=N–C) groups is 1. The number of nitrogens with two attached hydrogens (primary N) is 1. The number of piperazine rings is 1. The number of likely N-dealkylation sites (N-methyl/N-ethyl adjacent to an activating group) is 1. The maximum Gasteiger partial charge on any atom is 0.340 e. The number of amidine groups is 1. The Morgan fingerprint density at radius 2 is 1.92 bits per heavy atom. The zero-order chi connectivity index (χ0) is 18.6. The van der Waals surface area contributed by atoms with Crippen LogP contribution in [0.3, 0.4) is 0 Å². The molecule has 6 nitrogen and oxygen atoms in total. The fourth-order valence-electron chi connectivity index (χ4n) is 2.56. The summed E-state index contributed by atoms with van der Waals surface area (Å²) in [7, 11) is 2.11. The van der Waals surface area contributed by atoms with Crippen LogP contribution in [0.25, 0.3) is 0 Å². The van der Waals surface area contributed by atoms with Crippen molar-refractivity contribution in [3.8, 4) is 0 Å². The lowest BCUT2D eigenvalue weighted by Crippen LogP contribution is -2.44. The Bertz CT molecular complexity index is 647. The van der Waals surface area contributed by atoms with Crippen molar-refractivity contribution >= 4 is 34.8 Å². The highest BCUT2D eigenvalue weighted by Gasteiger charge is 2.22. The third-order valence-corrected chi connectivity index (χ3v) is 4.14. The lowest BCUT2D eigenvalue weighted by Gasteiger charge is -2.34. The Labute approximate surface area is 154 Å². The standard InChI is InChI=1S/C18H27ClN4O2/c1-18(2,3)25-17(24)14-6-5-13(11-15(14)21-16(20)12-19)23-9-7-22(4)8-10-23/h5-6,11H,7-10,12H2,1-4H3,(H2,20,21). The molecule has 0 spiro atoms. The summed E-state index contributed by atoms with van der Waals surface area (Å²) in [5, 5.41) is 0. The molecule has 0 unspecified atom stereocenters. The van der Waals surface area contributed by atoms with Crippen LogP contribution in [-0.2, 0) is 4.74 Å². The quantitative estimate of drug-likeness (QED) is 0.384. The van der Waals surface area contributed by atoms with Gasteiger partial charge in [0.2, 0.25) is 0 Å². The molecule has 0 saturated carbocycles. The van der Waals surface area contributed by atoms with Gasteiger partial charge in [0.05, 0.1) is 17.1 Å². The van der Waals surface area contributed by atoms with E-state index in [4.69, 9.17) is 22.1 Å². The van der Waals surface area contributed by atoms with E-state index in [0.29, 0.717) is 11.3 Å². The van der Waals surface area contributed by atoms with Gasteiger partial charge in [-0.05, 0) is 46.0 Å². The van der Waals surface area contributed by atoms with Gasteiger partial charge in [-0.15, -0.1) is 11.6 Å². The first-order chi connectivity index (χ1) is 11.7. The molecule has 1 aromatic rings. The molecule has 1 fully saturated rings. The number of anilines is 1. The van der Waals surface area contributed by atoms with E-state index in [1.54, 1.807) is 6.07 Å². The number of benzene rings is 1. The van der Waals surface area contributed by atoms with Crippen LogP contribution in [0, 0.1) is 0 Å². The first-order valence-corrected chi connectivity index (χ1v) is 8.93. The molecule has 0 aliphatic carbocycles. The molecule has 25 heavy (non-hydrogen) atoms. The molecular weight excluding hydrogens is 340 g/mol. The van der Waals surface area contributed by atoms with Gasteiger partial charge in [0.25, 0.3) is 0 Å². The summed E-state index contributed by atoms with van der Waals surface area (Å²) in [5.74, 6) is -0.0486. The Balaban J connectivity index is 2.34. The largest absolute Gasteiger partial charge is 0.456 e. The summed E-state index contributed by atoms with van der Waals surface area (Å²) in [4.78, 5) is 21.4. The highest BCUT2D eigenvalue weighted by Crippen LogP contribution is 2.29. The maximum atomic E-state index is 12.5. The van der Waals surface area contributed by atoms with E-state index in [2.05, 4.69) is 21.8 Å². The predicted molar refractivity (Wildman–Crippen MR) is 103 cm³/mol. The molecule has 0 radical (unpaired) electrons. The second-order valence-corrected chi connectivity index (χ2v) is 7.50. The minimum Gasteiger partial charge on any atom is -0.456 e. The second kappa shape index (κ2) is 8.06. The summed E-state index contributed by atoms with van der Waals surface area (Å²) >= 11 is 5.76. The summed E-state index contributed by atoms with van der Waals surface area (Å²) in [6, 6.07) is 5.56. The number of alkyl halides is 1. The van der Waals surface area contributed by atoms with Crippen LogP contribution in [-0.4, -0.2) is 61.4 Å². The van der Waals surface area contributed by atoms with Gasteiger partial charge >= 0.3 is 5.97 Å². The van der Waals surface area contributed by atoms with E-state index < -0.39 is 11.6 Å². The first-order valence-electron chi connectivity index (χ1n) is 8.39. The van der Waals surface area contributed by atoms with E-state index in [-0.39, 0.29) is 11.7 Å². The van der Waals surface area contributed by atoms with Crippen molar-refractivity contribution < 1.29 is 9.53 Å². The molecule has 1 heterocycles. The summed E-state index contributed by atoms with van der Waals surface area (Å²) in [6.07, 6.45) is 0. The van der Waals surface area contributed by atoms with Crippen molar-refractivity contribution in [2.75, 3.05) is 44.0 Å². The van der Waals surface area contributed by atoms with Crippen LogP contribution in [0.5, 0.6) is 0 Å². The zero-order valence-corrected chi connectivity index (χ0v) is 16.1. The normalized spacial score (nSPS) is 16.8. The summed E-state index contributed by atoms with van der Waals surface area (Å²) < 4.78 is 5.48. The van der Waals surface area contributed by atoms with E-state index in [1.807, 2.05) is 32.9 Å². The Morgan fingerprint density at radius 1 is 1.28 bits per heavy atom. The third-order valence-electron chi connectivity index (χ3n) is 3.87. The molecule has 0 aromatic heterocycles. The zero-order valence-electron chi connectivity index (χ0n) is 15.4. The molecule has 1 saturated heterocycles. The number of esters is 1. The molecule has 1 aromatic carbocycles. The maximum absolute atomic E-state index is 12.5. The van der Waals surface area contributed by atoms with Crippen molar-refractivity contribution in [1.82, 2.24) is 4.90 Å². The van der Waals surface area contributed by atoms with Gasteiger partial charge < -0.3 is 20.3 Å². The Kier molecular flexibility index (Phi) is 6.30. The van der Waals surface area contributed by atoms with Crippen molar-refractivity contribution in [2.24, 2.45) is 10.7 Å². The third kappa shape index (κ3) is 5.61. The topological polar surface area (TPSA) is 71.2 Å². The highest BCUT2D eigenvalue weighted by atomic mass is 35.5. The van der Waals surface area contributed by atoms with Crippen LogP contribution in [0.2, 0.25) is 0 Å².